The summed E-state index contributed by atoms with van der Waals surface area (Å²) < 4.78 is 6.00. The van der Waals surface area contributed by atoms with E-state index < -0.39 is 0 Å². The van der Waals surface area contributed by atoms with Gasteiger partial charge in [-0.15, -0.1) is 0 Å². The Hall–Kier alpha value is -2.24. The first-order valence-corrected chi connectivity index (χ1v) is 9.10. The molecule has 0 aliphatic rings. The molecule has 0 unspecified atom stereocenters. The SMILES string of the molecule is CCNC(=NCc1ccccc1OC(C)(C)C)NCC(=O)NC(C)(C)C. The van der Waals surface area contributed by atoms with E-state index in [4.69, 9.17) is 4.74 Å². The number of carbonyl (C=O) groups excluding carboxylic acids is 1. The minimum Gasteiger partial charge on any atom is -0.488 e. The van der Waals surface area contributed by atoms with Gasteiger partial charge in [0.25, 0.3) is 0 Å². The van der Waals surface area contributed by atoms with Gasteiger partial charge < -0.3 is 20.7 Å². The molecule has 0 aliphatic carbocycles. The molecule has 6 nitrogen and oxygen atoms in total. The molecule has 0 atom stereocenters. The van der Waals surface area contributed by atoms with Crippen molar-refractivity contribution in [2.75, 3.05) is 13.1 Å². The summed E-state index contributed by atoms with van der Waals surface area (Å²) in [4.78, 5) is 16.6. The molecule has 26 heavy (non-hydrogen) atoms. The summed E-state index contributed by atoms with van der Waals surface area (Å²) in [6.45, 7) is 15.3. The molecule has 0 heterocycles. The molecule has 1 aromatic carbocycles. The second-order valence-corrected chi connectivity index (χ2v) is 8.17. The fourth-order valence-electron chi connectivity index (χ4n) is 2.20. The molecule has 0 radical (unpaired) electrons. The van der Waals surface area contributed by atoms with Crippen LogP contribution < -0.4 is 20.7 Å². The Bertz CT molecular complexity index is 613. The molecule has 0 spiro atoms. The van der Waals surface area contributed by atoms with E-state index in [9.17, 15) is 4.79 Å². The lowest BCUT2D eigenvalue weighted by molar-refractivity contribution is -0.121. The normalized spacial score (nSPS) is 12.5. The minimum atomic E-state index is -0.270. The molecule has 3 N–H and O–H groups in total. The number of aliphatic imine (C=N–C) groups is 1. The van der Waals surface area contributed by atoms with Gasteiger partial charge in [0.15, 0.2) is 5.96 Å². The number of carbonyl (C=O) groups is 1. The summed E-state index contributed by atoms with van der Waals surface area (Å²) >= 11 is 0. The number of amides is 1. The molecule has 146 valence electrons. The van der Waals surface area contributed by atoms with E-state index >= 15 is 0 Å². The van der Waals surface area contributed by atoms with Crippen molar-refractivity contribution >= 4 is 11.9 Å². The maximum Gasteiger partial charge on any atom is 0.239 e. The van der Waals surface area contributed by atoms with E-state index in [2.05, 4.69) is 20.9 Å². The van der Waals surface area contributed by atoms with Crippen LogP contribution in [-0.2, 0) is 11.3 Å². The lowest BCUT2D eigenvalue weighted by Crippen LogP contribution is -2.48. The van der Waals surface area contributed by atoms with E-state index in [0.717, 1.165) is 11.3 Å². The molecule has 1 rings (SSSR count). The smallest absolute Gasteiger partial charge is 0.239 e. The van der Waals surface area contributed by atoms with Gasteiger partial charge in [-0.1, -0.05) is 18.2 Å². The van der Waals surface area contributed by atoms with Crippen LogP contribution in [0.4, 0.5) is 0 Å². The van der Waals surface area contributed by atoms with Gasteiger partial charge in [-0.3, -0.25) is 4.79 Å². The van der Waals surface area contributed by atoms with Crippen molar-refractivity contribution in [1.29, 1.82) is 0 Å². The number of benzene rings is 1. The third-order valence-corrected chi connectivity index (χ3v) is 3.07. The third kappa shape index (κ3) is 9.30. The fourth-order valence-corrected chi connectivity index (χ4v) is 2.20. The average molecular weight is 363 g/mol. The van der Waals surface area contributed by atoms with E-state index in [1.165, 1.54) is 0 Å². The largest absolute Gasteiger partial charge is 0.488 e. The van der Waals surface area contributed by atoms with Crippen molar-refractivity contribution in [3.63, 3.8) is 0 Å². The lowest BCUT2D eigenvalue weighted by atomic mass is 10.1. The molecule has 0 fully saturated rings. The van der Waals surface area contributed by atoms with Crippen molar-refractivity contribution < 1.29 is 9.53 Å². The number of para-hydroxylation sites is 1. The summed E-state index contributed by atoms with van der Waals surface area (Å²) in [5.41, 5.74) is 0.476. The predicted octanol–water partition coefficient (Wildman–Crippen LogP) is 2.83. The summed E-state index contributed by atoms with van der Waals surface area (Å²) in [5, 5.41) is 9.14. The highest BCUT2D eigenvalue weighted by Gasteiger charge is 2.15. The second-order valence-electron chi connectivity index (χ2n) is 8.17. The van der Waals surface area contributed by atoms with E-state index in [1.807, 2.05) is 72.7 Å². The molecular weight excluding hydrogens is 328 g/mol. The number of guanidine groups is 1. The average Bonchev–Trinajstić information content (AvgIpc) is 2.48. The van der Waals surface area contributed by atoms with E-state index in [1.54, 1.807) is 0 Å². The predicted molar refractivity (Wildman–Crippen MR) is 108 cm³/mol. The van der Waals surface area contributed by atoms with Gasteiger partial charge in [-0.05, 0) is 54.5 Å². The van der Waals surface area contributed by atoms with Gasteiger partial charge >= 0.3 is 0 Å². The summed E-state index contributed by atoms with van der Waals surface area (Å²) in [6.07, 6.45) is 0. The number of ether oxygens (including phenoxy) is 1. The first-order chi connectivity index (χ1) is 12.0. The van der Waals surface area contributed by atoms with Crippen LogP contribution in [0.25, 0.3) is 0 Å². The van der Waals surface area contributed by atoms with Crippen molar-refractivity contribution in [1.82, 2.24) is 16.0 Å². The Kier molecular flexibility index (Phi) is 7.93. The highest BCUT2D eigenvalue weighted by Crippen LogP contribution is 2.23. The van der Waals surface area contributed by atoms with Crippen LogP contribution in [0.15, 0.2) is 29.3 Å². The van der Waals surface area contributed by atoms with Crippen LogP contribution >= 0.6 is 0 Å². The monoisotopic (exact) mass is 362 g/mol. The summed E-state index contributed by atoms with van der Waals surface area (Å²) in [7, 11) is 0. The number of hydrogen-bond acceptors (Lipinski definition) is 3. The standard InChI is InChI=1S/C20H34N4O2/c1-8-21-18(23-14-17(25)24-19(2,3)4)22-13-15-11-9-10-12-16(15)26-20(5,6)7/h9-12H,8,13-14H2,1-7H3,(H,24,25)(H2,21,22,23). The zero-order valence-electron chi connectivity index (χ0n) is 17.2. The summed E-state index contributed by atoms with van der Waals surface area (Å²) in [6, 6.07) is 7.87. The van der Waals surface area contributed by atoms with Gasteiger partial charge in [0.2, 0.25) is 5.91 Å². The van der Waals surface area contributed by atoms with E-state index in [-0.39, 0.29) is 23.6 Å². The molecular formula is C20H34N4O2. The van der Waals surface area contributed by atoms with Gasteiger partial charge in [0.05, 0.1) is 13.1 Å². The first kappa shape index (κ1) is 21.8. The van der Waals surface area contributed by atoms with Gasteiger partial charge in [-0.2, -0.15) is 0 Å². The fraction of sp³-hybridized carbons (Fsp3) is 0.600. The molecule has 0 aromatic heterocycles. The molecule has 0 saturated carbocycles. The van der Waals surface area contributed by atoms with Crippen LogP contribution in [0.5, 0.6) is 5.75 Å². The first-order valence-electron chi connectivity index (χ1n) is 9.10. The van der Waals surface area contributed by atoms with Gasteiger partial charge in [0, 0.05) is 17.6 Å². The van der Waals surface area contributed by atoms with Crippen molar-refractivity contribution in [3.05, 3.63) is 29.8 Å². The number of hydrogen-bond donors (Lipinski definition) is 3. The molecule has 1 amide bonds. The summed E-state index contributed by atoms with van der Waals surface area (Å²) in [5.74, 6) is 1.35. The molecule has 0 saturated heterocycles. The number of nitrogens with one attached hydrogen (secondary N) is 3. The third-order valence-electron chi connectivity index (χ3n) is 3.07. The molecule has 1 aromatic rings. The van der Waals surface area contributed by atoms with Crippen molar-refractivity contribution in [2.45, 2.75) is 66.2 Å². The lowest BCUT2D eigenvalue weighted by Gasteiger charge is -2.23. The van der Waals surface area contributed by atoms with Gasteiger partial charge in [-0.25, -0.2) is 4.99 Å². The molecule has 0 bridgehead atoms. The Morgan fingerprint density at radius 2 is 1.73 bits per heavy atom. The zero-order chi connectivity index (χ0) is 19.8. The van der Waals surface area contributed by atoms with Crippen LogP contribution in [0.3, 0.4) is 0 Å². The maximum absolute atomic E-state index is 12.0. The van der Waals surface area contributed by atoms with E-state index in [0.29, 0.717) is 19.0 Å². The quantitative estimate of drug-likeness (QED) is 0.537. The molecule has 0 aliphatic heterocycles. The Balaban J connectivity index is 2.77. The van der Waals surface area contributed by atoms with Gasteiger partial charge in [0.1, 0.15) is 11.4 Å². The van der Waals surface area contributed by atoms with Crippen LogP contribution in [0, 0.1) is 0 Å². The van der Waals surface area contributed by atoms with Crippen LogP contribution in [0.1, 0.15) is 54.0 Å². The zero-order valence-corrected chi connectivity index (χ0v) is 17.2. The highest BCUT2D eigenvalue weighted by molar-refractivity contribution is 5.86. The Morgan fingerprint density at radius 3 is 2.31 bits per heavy atom. The van der Waals surface area contributed by atoms with Crippen LogP contribution in [0.2, 0.25) is 0 Å². The Morgan fingerprint density at radius 1 is 1.08 bits per heavy atom. The highest BCUT2D eigenvalue weighted by atomic mass is 16.5. The Labute approximate surface area is 157 Å². The minimum absolute atomic E-state index is 0.0698. The topological polar surface area (TPSA) is 74.8 Å². The second kappa shape index (κ2) is 9.46. The maximum atomic E-state index is 12.0. The van der Waals surface area contributed by atoms with Crippen molar-refractivity contribution in [2.24, 2.45) is 4.99 Å². The molecule has 6 heteroatoms. The van der Waals surface area contributed by atoms with Crippen LogP contribution in [-0.4, -0.2) is 36.1 Å². The number of nitrogens with zero attached hydrogens (tertiary/aromatic N) is 1. The number of rotatable bonds is 6. The van der Waals surface area contributed by atoms with Crippen molar-refractivity contribution in [3.8, 4) is 5.75 Å².